The summed E-state index contributed by atoms with van der Waals surface area (Å²) >= 11 is 0. The zero-order chi connectivity index (χ0) is 21.3. The molecule has 0 radical (unpaired) electrons. The Hall–Kier alpha value is -1.53. The second-order valence-electron chi connectivity index (χ2n) is 9.73. The number of rotatable bonds is 5. The highest BCUT2D eigenvalue weighted by atomic mass is 19.1. The fourth-order valence-corrected chi connectivity index (χ4v) is 6.58. The van der Waals surface area contributed by atoms with Crippen molar-refractivity contribution in [1.82, 2.24) is 10.6 Å². The highest BCUT2D eigenvalue weighted by Crippen LogP contribution is 2.55. The molecule has 5 unspecified atom stereocenters. The van der Waals surface area contributed by atoms with Crippen LogP contribution in [0.25, 0.3) is 0 Å². The topological polar surface area (TPSA) is 61.4 Å². The minimum atomic E-state index is -1.41. The van der Waals surface area contributed by atoms with Crippen molar-refractivity contribution < 1.29 is 18.7 Å². The third kappa shape index (κ3) is 4.01. The molecule has 166 valence electrons. The van der Waals surface area contributed by atoms with Crippen LogP contribution < -0.4 is 10.6 Å². The summed E-state index contributed by atoms with van der Waals surface area (Å²) in [4.78, 5) is 13.0. The van der Waals surface area contributed by atoms with Crippen molar-refractivity contribution in [3.05, 3.63) is 35.4 Å². The standard InChI is InChI=1S/C24H34F2N2O2/c1-15-7-6-12-24(16-8-3-2-4-9-16)13-19(28-22(15)24)23(30)27-14-20(29)21-17(25)10-5-11-18(21)26/h5,10-11,15-16,19-20,22,28-29H,2-4,6-9,12-14H2,1H3,(H,27,30). The van der Waals surface area contributed by atoms with Gasteiger partial charge < -0.3 is 15.7 Å². The van der Waals surface area contributed by atoms with Crippen molar-refractivity contribution in [3.8, 4) is 0 Å². The average molecular weight is 421 g/mol. The number of carbonyl (C=O) groups is 1. The first-order valence-electron chi connectivity index (χ1n) is 11.6. The molecule has 3 N–H and O–H groups in total. The number of aliphatic hydroxyl groups is 1. The van der Waals surface area contributed by atoms with E-state index >= 15 is 0 Å². The van der Waals surface area contributed by atoms with Gasteiger partial charge in [-0.2, -0.15) is 0 Å². The Kier molecular flexibility index (Phi) is 6.44. The zero-order valence-electron chi connectivity index (χ0n) is 17.8. The van der Waals surface area contributed by atoms with Gasteiger partial charge in [-0.25, -0.2) is 8.78 Å². The second-order valence-corrected chi connectivity index (χ2v) is 9.73. The van der Waals surface area contributed by atoms with E-state index in [2.05, 4.69) is 17.6 Å². The summed E-state index contributed by atoms with van der Waals surface area (Å²) < 4.78 is 27.8. The third-order valence-electron chi connectivity index (χ3n) is 7.99. The molecule has 0 aromatic heterocycles. The molecule has 1 saturated heterocycles. The minimum Gasteiger partial charge on any atom is -0.386 e. The quantitative estimate of drug-likeness (QED) is 0.668. The maximum absolute atomic E-state index is 13.9. The van der Waals surface area contributed by atoms with Crippen LogP contribution in [-0.4, -0.2) is 29.6 Å². The second kappa shape index (κ2) is 8.91. The van der Waals surface area contributed by atoms with Crippen molar-refractivity contribution in [2.45, 2.75) is 82.9 Å². The van der Waals surface area contributed by atoms with Crippen LogP contribution in [-0.2, 0) is 4.79 Å². The van der Waals surface area contributed by atoms with Crippen molar-refractivity contribution in [3.63, 3.8) is 0 Å². The normalized spacial score (nSPS) is 33.1. The molecule has 6 heteroatoms. The SMILES string of the molecule is CC1CCCC2(C3CCCCC3)CC(C(=O)NCC(O)c3c(F)cccc3F)NC12. The van der Waals surface area contributed by atoms with E-state index in [9.17, 15) is 18.7 Å². The molecule has 0 bridgehead atoms. The lowest BCUT2D eigenvalue weighted by molar-refractivity contribution is -0.123. The number of hydrogen-bond donors (Lipinski definition) is 3. The molecule has 1 aromatic rings. The number of benzene rings is 1. The number of carbonyl (C=O) groups excluding carboxylic acids is 1. The van der Waals surface area contributed by atoms with Crippen molar-refractivity contribution >= 4 is 5.91 Å². The Morgan fingerprint density at radius 2 is 1.90 bits per heavy atom. The van der Waals surface area contributed by atoms with Gasteiger partial charge in [0.2, 0.25) is 5.91 Å². The van der Waals surface area contributed by atoms with Gasteiger partial charge >= 0.3 is 0 Å². The summed E-state index contributed by atoms with van der Waals surface area (Å²) in [6.45, 7) is 2.09. The minimum absolute atomic E-state index is 0.177. The molecular formula is C24H34F2N2O2. The molecule has 3 fully saturated rings. The van der Waals surface area contributed by atoms with Crippen LogP contribution in [0.15, 0.2) is 18.2 Å². The van der Waals surface area contributed by atoms with Crippen molar-refractivity contribution in [2.75, 3.05) is 6.54 Å². The Morgan fingerprint density at radius 1 is 1.20 bits per heavy atom. The predicted molar refractivity (Wildman–Crippen MR) is 112 cm³/mol. The van der Waals surface area contributed by atoms with Crippen LogP contribution in [0.3, 0.4) is 0 Å². The summed E-state index contributed by atoms with van der Waals surface area (Å²) in [7, 11) is 0. The van der Waals surface area contributed by atoms with Crippen LogP contribution in [0.2, 0.25) is 0 Å². The molecule has 0 spiro atoms. The van der Waals surface area contributed by atoms with E-state index in [1.807, 2.05) is 0 Å². The predicted octanol–water partition coefficient (Wildman–Crippen LogP) is 4.23. The lowest BCUT2D eigenvalue weighted by atomic mass is 9.57. The monoisotopic (exact) mass is 420 g/mol. The van der Waals surface area contributed by atoms with E-state index in [0.29, 0.717) is 17.9 Å². The van der Waals surface area contributed by atoms with Gasteiger partial charge in [0, 0.05) is 12.6 Å². The molecule has 1 amide bonds. The van der Waals surface area contributed by atoms with Crippen molar-refractivity contribution in [1.29, 1.82) is 0 Å². The number of hydrogen-bond acceptors (Lipinski definition) is 3. The molecule has 30 heavy (non-hydrogen) atoms. The number of amides is 1. The van der Waals surface area contributed by atoms with E-state index in [1.165, 1.54) is 57.4 Å². The third-order valence-corrected chi connectivity index (χ3v) is 7.99. The van der Waals surface area contributed by atoms with E-state index in [-0.39, 0.29) is 23.9 Å². The number of halogens is 2. The van der Waals surface area contributed by atoms with Gasteiger partial charge in [-0.15, -0.1) is 0 Å². The summed E-state index contributed by atoms with van der Waals surface area (Å²) in [5.74, 6) is -0.569. The number of aliphatic hydroxyl groups excluding tert-OH is 1. The summed E-state index contributed by atoms with van der Waals surface area (Å²) in [6.07, 6.45) is 9.38. The molecule has 1 heterocycles. The van der Waals surface area contributed by atoms with E-state index in [0.717, 1.165) is 18.6 Å². The Balaban J connectivity index is 1.43. The van der Waals surface area contributed by atoms with Gasteiger partial charge in [0.05, 0.1) is 11.6 Å². The molecule has 1 aliphatic heterocycles. The highest BCUT2D eigenvalue weighted by Gasteiger charge is 2.55. The first kappa shape index (κ1) is 21.7. The van der Waals surface area contributed by atoms with Gasteiger partial charge in [-0.1, -0.05) is 38.7 Å². The Labute approximate surface area is 177 Å². The van der Waals surface area contributed by atoms with E-state index in [1.54, 1.807) is 0 Å². The molecule has 1 aromatic carbocycles. The Bertz CT molecular complexity index is 747. The van der Waals surface area contributed by atoms with Crippen molar-refractivity contribution in [2.24, 2.45) is 17.3 Å². The fraction of sp³-hybridized carbons (Fsp3) is 0.708. The van der Waals surface area contributed by atoms with Gasteiger partial charge in [-0.05, 0) is 61.5 Å². The van der Waals surface area contributed by atoms with Gasteiger partial charge in [0.25, 0.3) is 0 Å². The van der Waals surface area contributed by atoms with E-state index < -0.39 is 23.3 Å². The molecule has 2 aliphatic carbocycles. The molecular weight excluding hydrogens is 386 g/mol. The van der Waals surface area contributed by atoms with Gasteiger partial charge in [-0.3, -0.25) is 4.79 Å². The molecule has 5 atom stereocenters. The van der Waals surface area contributed by atoms with Crippen LogP contribution in [0.5, 0.6) is 0 Å². The Morgan fingerprint density at radius 3 is 2.60 bits per heavy atom. The maximum atomic E-state index is 13.9. The van der Waals surface area contributed by atoms with Crippen LogP contribution in [0.4, 0.5) is 8.78 Å². The summed E-state index contributed by atoms with van der Waals surface area (Å²) in [5.41, 5.74) is -0.214. The van der Waals surface area contributed by atoms with Crippen LogP contribution in [0.1, 0.15) is 76.4 Å². The number of fused-ring (bicyclic) bond motifs is 1. The maximum Gasteiger partial charge on any atom is 0.237 e. The molecule has 4 rings (SSSR count). The molecule has 2 saturated carbocycles. The van der Waals surface area contributed by atoms with E-state index in [4.69, 9.17) is 0 Å². The fourth-order valence-electron chi connectivity index (χ4n) is 6.58. The highest BCUT2D eigenvalue weighted by molar-refractivity contribution is 5.82. The number of nitrogens with one attached hydrogen (secondary N) is 2. The lowest BCUT2D eigenvalue weighted by Crippen LogP contribution is -2.50. The zero-order valence-corrected chi connectivity index (χ0v) is 17.8. The lowest BCUT2D eigenvalue weighted by Gasteiger charge is -2.49. The smallest absolute Gasteiger partial charge is 0.237 e. The molecule has 4 nitrogen and oxygen atoms in total. The first-order chi connectivity index (χ1) is 14.4. The summed E-state index contributed by atoms with van der Waals surface area (Å²) in [6, 6.07) is 3.52. The first-order valence-corrected chi connectivity index (χ1v) is 11.6. The van der Waals surface area contributed by atoms with Crippen LogP contribution >= 0.6 is 0 Å². The largest absolute Gasteiger partial charge is 0.386 e. The van der Waals surface area contributed by atoms with Gasteiger partial charge in [0.1, 0.15) is 17.7 Å². The summed E-state index contributed by atoms with van der Waals surface area (Å²) in [5, 5.41) is 16.6. The molecule has 3 aliphatic rings. The van der Waals surface area contributed by atoms with Crippen LogP contribution in [0, 0.1) is 28.9 Å². The average Bonchev–Trinajstić information content (AvgIpc) is 3.15. The van der Waals surface area contributed by atoms with Gasteiger partial charge in [0.15, 0.2) is 0 Å².